The summed E-state index contributed by atoms with van der Waals surface area (Å²) in [6.45, 7) is 6.55. The lowest BCUT2D eigenvalue weighted by atomic mass is 9.33. The number of benzene rings is 10. The predicted molar refractivity (Wildman–Crippen MR) is 285 cm³/mol. The molecule has 1 aliphatic carbocycles. The topological polar surface area (TPSA) is 11.4 Å². The molecule has 0 unspecified atom stereocenters. The predicted octanol–water partition coefficient (Wildman–Crippen LogP) is 14.3. The number of halogens is 1. The van der Waals surface area contributed by atoms with E-state index in [0.29, 0.717) is 0 Å². The number of hydrogen-bond acceptors (Lipinski definition) is 2. The first-order valence-corrected chi connectivity index (χ1v) is 24.1. The van der Waals surface area contributed by atoms with Gasteiger partial charge in [0.15, 0.2) is 0 Å². The van der Waals surface area contributed by atoms with E-state index >= 15 is 0 Å². The molecule has 0 bridgehead atoms. The van der Waals surface area contributed by atoms with Crippen molar-refractivity contribution in [1.82, 2.24) is 4.57 Å². The van der Waals surface area contributed by atoms with Crippen molar-refractivity contribution in [3.8, 4) is 27.9 Å². The summed E-state index contributed by atoms with van der Waals surface area (Å²) in [5, 5.41) is 2.52. The van der Waals surface area contributed by atoms with Crippen LogP contribution in [0.4, 0.5) is 38.5 Å². The minimum absolute atomic E-state index is 0.0740. The molecule has 11 aromatic rings. The number of fused-ring (bicyclic) bond motifs is 16. The number of para-hydroxylation sites is 4. The molecule has 0 saturated carbocycles. The summed E-state index contributed by atoms with van der Waals surface area (Å²) in [4.78, 5) is 5.05. The average molecular weight is 884 g/mol. The quantitative estimate of drug-likeness (QED) is 0.164. The second kappa shape index (κ2) is 13.8. The van der Waals surface area contributed by atoms with Crippen molar-refractivity contribution >= 4 is 79.0 Å². The normalized spacial score (nSPS) is 15.5. The van der Waals surface area contributed by atoms with Crippen LogP contribution in [-0.2, 0) is 5.41 Å². The molecule has 3 nitrogen and oxygen atoms in total. The number of hydrogen-bond donors (Lipinski definition) is 0. The van der Waals surface area contributed by atoms with Crippen molar-refractivity contribution in [3.63, 3.8) is 0 Å². The summed E-state index contributed by atoms with van der Waals surface area (Å²) in [6.07, 6.45) is 0. The van der Waals surface area contributed by atoms with E-state index in [1.54, 1.807) is 12.1 Å². The first kappa shape index (κ1) is 38.7. The van der Waals surface area contributed by atoms with E-state index in [4.69, 9.17) is 0 Å². The lowest BCUT2D eigenvalue weighted by Gasteiger charge is -2.45. The molecule has 0 radical (unpaired) electrons. The van der Waals surface area contributed by atoms with Gasteiger partial charge in [-0.3, -0.25) is 0 Å². The minimum Gasteiger partial charge on any atom is -0.311 e. The molecule has 0 fully saturated rings. The summed E-state index contributed by atoms with van der Waals surface area (Å²) < 4.78 is 17.2. The maximum atomic E-state index is 14.7. The Bertz CT molecular complexity index is 4050. The molecule has 1 spiro atoms. The highest BCUT2D eigenvalue weighted by Gasteiger charge is 2.53. The van der Waals surface area contributed by atoms with Gasteiger partial charge >= 0.3 is 0 Å². The Balaban J connectivity index is 1.10. The van der Waals surface area contributed by atoms with E-state index < -0.39 is 5.41 Å². The zero-order valence-corrected chi connectivity index (χ0v) is 38.4. The lowest BCUT2D eigenvalue weighted by molar-refractivity contribution is 0.628. The summed E-state index contributed by atoms with van der Waals surface area (Å²) in [6, 6.07) is 75.8. The number of nitrogens with zero attached hydrogens (tertiary/aromatic N) is 3. The molecule has 3 aliphatic heterocycles. The van der Waals surface area contributed by atoms with Gasteiger partial charge in [0.25, 0.3) is 6.71 Å². The molecule has 1 aromatic heterocycles. The monoisotopic (exact) mass is 883 g/mol. The van der Waals surface area contributed by atoms with Gasteiger partial charge in [-0.15, -0.1) is 0 Å². The minimum atomic E-state index is -0.634. The number of aromatic nitrogens is 1. The van der Waals surface area contributed by atoms with Crippen LogP contribution >= 0.6 is 0 Å². The lowest BCUT2D eigenvalue weighted by Crippen LogP contribution is -2.61. The fourth-order valence-corrected chi connectivity index (χ4v) is 13.1. The van der Waals surface area contributed by atoms with E-state index in [2.05, 4.69) is 217 Å². The van der Waals surface area contributed by atoms with Crippen LogP contribution in [0.5, 0.6) is 0 Å². The summed E-state index contributed by atoms with van der Waals surface area (Å²) >= 11 is 0. The van der Waals surface area contributed by atoms with Gasteiger partial charge in [-0.2, -0.15) is 0 Å². The summed E-state index contributed by atoms with van der Waals surface area (Å²) in [5.74, 6) is -0.248. The van der Waals surface area contributed by atoms with Crippen molar-refractivity contribution in [2.45, 2.75) is 26.2 Å². The third-order valence-corrected chi connectivity index (χ3v) is 15.7. The van der Waals surface area contributed by atoms with Gasteiger partial charge in [0.05, 0.1) is 27.8 Å². The summed E-state index contributed by atoms with van der Waals surface area (Å²) in [7, 11) is 0. The molecule has 15 rings (SSSR count). The zero-order chi connectivity index (χ0) is 45.9. The number of anilines is 6. The van der Waals surface area contributed by atoms with Crippen LogP contribution in [0.2, 0.25) is 0 Å². The van der Waals surface area contributed by atoms with Gasteiger partial charge in [-0.05, 0) is 160 Å². The Labute approximate surface area is 401 Å². The van der Waals surface area contributed by atoms with E-state index in [9.17, 15) is 4.39 Å². The molecule has 0 amide bonds. The van der Waals surface area contributed by atoms with Gasteiger partial charge in [0.1, 0.15) is 5.82 Å². The Morgan fingerprint density at radius 3 is 1.90 bits per heavy atom. The third kappa shape index (κ3) is 5.01. The molecule has 69 heavy (non-hydrogen) atoms. The molecule has 10 aromatic carbocycles. The van der Waals surface area contributed by atoms with Crippen LogP contribution in [0.3, 0.4) is 0 Å². The molecular weight excluding hydrogens is 841 g/mol. The summed E-state index contributed by atoms with van der Waals surface area (Å²) in [5.41, 5.74) is 27.0. The molecule has 5 heteroatoms. The Hall–Kier alpha value is -8.41. The molecule has 4 heterocycles. The van der Waals surface area contributed by atoms with Crippen LogP contribution in [0.25, 0.3) is 49.7 Å². The second-order valence-corrected chi connectivity index (χ2v) is 19.6. The van der Waals surface area contributed by atoms with Crippen LogP contribution < -0.4 is 26.2 Å². The van der Waals surface area contributed by atoms with E-state index in [1.165, 1.54) is 105 Å². The van der Waals surface area contributed by atoms with Gasteiger partial charge in [0, 0.05) is 44.8 Å². The maximum Gasteiger partial charge on any atom is 0.252 e. The molecule has 1 atom stereocenters. The van der Waals surface area contributed by atoms with Crippen molar-refractivity contribution < 1.29 is 4.39 Å². The van der Waals surface area contributed by atoms with E-state index in [1.807, 2.05) is 12.1 Å². The molecule has 0 N–H and O–H groups in total. The standard InChI is InChI=1S/C64H43BFN3/c1-38-14-12-15-43(32-38)67-58-33-39(2)26-31-53(58)65-54-36-48-45-17-4-7-20-49(45)64(50-21-8-11-25-57(50)69-56-24-10-6-18-46(56)47-19-13-22-51(64)63(47)69)52(48)37-59(54)68(61-35-40(3)34-60(67)62(61)65)55-23-9-5-16-44(55)41-27-29-42(66)30-28-41/h4-37H,1-3H3/t64-/m1/s1. The molecule has 0 saturated heterocycles. The third-order valence-electron chi connectivity index (χ3n) is 15.7. The molecule has 324 valence electrons. The molecular formula is C64H43BFN3. The highest BCUT2D eigenvalue weighted by atomic mass is 19.1. The smallest absolute Gasteiger partial charge is 0.252 e. The van der Waals surface area contributed by atoms with Crippen molar-refractivity contribution in [2.75, 3.05) is 9.80 Å². The first-order valence-electron chi connectivity index (χ1n) is 24.1. The van der Waals surface area contributed by atoms with Gasteiger partial charge in [0.2, 0.25) is 0 Å². The van der Waals surface area contributed by atoms with Crippen molar-refractivity contribution in [3.05, 3.63) is 251 Å². The second-order valence-electron chi connectivity index (χ2n) is 19.6. The van der Waals surface area contributed by atoms with Crippen molar-refractivity contribution in [2.24, 2.45) is 0 Å². The molecule has 4 aliphatic rings. The SMILES string of the molecule is Cc1cccc(N2c3cc(C)ccc3B3c4cc5c(cc4N(c4ccccc4-c4ccc(F)cc4)c4cc(C)cc2c43)[C@]2(c3ccccc3-5)c3ccccc3-n3c4ccccc4c4cccc2c43)c1. The van der Waals surface area contributed by atoms with Gasteiger partial charge in [-0.25, -0.2) is 4.39 Å². The van der Waals surface area contributed by atoms with E-state index in [0.717, 1.165) is 33.9 Å². The van der Waals surface area contributed by atoms with Gasteiger partial charge in [-0.1, -0.05) is 140 Å². The van der Waals surface area contributed by atoms with Crippen LogP contribution in [0, 0.1) is 26.6 Å². The fraction of sp³-hybridized carbons (Fsp3) is 0.0625. The fourth-order valence-electron chi connectivity index (χ4n) is 13.1. The number of rotatable bonds is 3. The average Bonchev–Trinajstić information content (AvgIpc) is 3.86. The van der Waals surface area contributed by atoms with Crippen LogP contribution in [0.1, 0.15) is 38.9 Å². The highest BCUT2D eigenvalue weighted by Crippen LogP contribution is 2.62. The van der Waals surface area contributed by atoms with Gasteiger partial charge < -0.3 is 14.4 Å². The Morgan fingerprint density at radius 2 is 1.06 bits per heavy atom. The largest absolute Gasteiger partial charge is 0.311 e. The maximum absolute atomic E-state index is 14.7. The van der Waals surface area contributed by atoms with Crippen molar-refractivity contribution in [1.29, 1.82) is 0 Å². The Morgan fingerprint density at radius 1 is 0.406 bits per heavy atom. The highest BCUT2D eigenvalue weighted by molar-refractivity contribution is 7.00. The van der Waals surface area contributed by atoms with Crippen LogP contribution in [0.15, 0.2) is 206 Å². The Kier molecular flexibility index (Phi) is 7.76. The van der Waals surface area contributed by atoms with Crippen LogP contribution in [-0.4, -0.2) is 11.3 Å². The first-order chi connectivity index (χ1) is 33.9. The zero-order valence-electron chi connectivity index (χ0n) is 38.4. The van der Waals surface area contributed by atoms with E-state index in [-0.39, 0.29) is 12.5 Å². The number of aryl methyl sites for hydroxylation is 3.